The predicted octanol–water partition coefficient (Wildman–Crippen LogP) is 2.52. The highest BCUT2D eigenvalue weighted by Crippen LogP contribution is 2.16. The molecule has 0 spiro atoms. The molecule has 0 aliphatic heterocycles. The van der Waals surface area contributed by atoms with Crippen molar-refractivity contribution in [2.75, 3.05) is 13.7 Å². The van der Waals surface area contributed by atoms with Gasteiger partial charge in [-0.1, -0.05) is 34.8 Å². The number of hydrogen-bond donors (Lipinski definition) is 0. The molecule has 0 rings (SSSR count). The van der Waals surface area contributed by atoms with Gasteiger partial charge in [0, 0.05) is 7.11 Å². The van der Waals surface area contributed by atoms with E-state index in [0.717, 1.165) is 0 Å². The van der Waals surface area contributed by atoms with E-state index in [1.807, 2.05) is 0 Å². The van der Waals surface area contributed by atoms with E-state index in [1.54, 1.807) is 0 Å². The fraction of sp³-hybridized carbons (Fsp3) is 0.500. The van der Waals surface area contributed by atoms with E-state index in [1.165, 1.54) is 7.11 Å². The summed E-state index contributed by atoms with van der Waals surface area (Å²) in [5, 5.41) is 0.329. The molecule has 0 fully saturated rings. The molecular formula is C4H5Cl3O. The first-order valence-corrected chi connectivity index (χ1v) is 3.00. The Kier molecular flexibility index (Phi) is 4.77. The summed E-state index contributed by atoms with van der Waals surface area (Å²) in [6, 6.07) is 0. The second-order valence-electron chi connectivity index (χ2n) is 1.10. The molecule has 0 bridgehead atoms. The molecular weight excluding hydrogens is 170 g/mol. The SMILES string of the molecule is COCC(Cl)=C(Cl)Cl. The van der Waals surface area contributed by atoms with Gasteiger partial charge in [-0.3, -0.25) is 0 Å². The lowest BCUT2D eigenvalue weighted by Crippen LogP contribution is -1.86. The fourth-order valence-electron chi connectivity index (χ4n) is 0.181. The smallest absolute Gasteiger partial charge is 0.123 e. The van der Waals surface area contributed by atoms with Gasteiger partial charge in [-0.2, -0.15) is 0 Å². The molecule has 0 aromatic heterocycles. The van der Waals surface area contributed by atoms with Crippen molar-refractivity contribution < 1.29 is 4.74 Å². The summed E-state index contributed by atoms with van der Waals surface area (Å²) in [6.07, 6.45) is 0. The van der Waals surface area contributed by atoms with Crippen LogP contribution in [0.3, 0.4) is 0 Å². The third-order valence-corrected chi connectivity index (χ3v) is 1.42. The molecule has 0 atom stereocenters. The molecule has 48 valence electrons. The van der Waals surface area contributed by atoms with E-state index >= 15 is 0 Å². The van der Waals surface area contributed by atoms with Gasteiger partial charge in [-0.25, -0.2) is 0 Å². The monoisotopic (exact) mass is 174 g/mol. The van der Waals surface area contributed by atoms with Crippen LogP contribution in [0.15, 0.2) is 9.52 Å². The van der Waals surface area contributed by atoms with Crippen LogP contribution in [-0.4, -0.2) is 13.7 Å². The van der Waals surface area contributed by atoms with Gasteiger partial charge in [-0.05, 0) is 0 Å². The first-order chi connectivity index (χ1) is 3.68. The summed E-state index contributed by atoms with van der Waals surface area (Å²) in [7, 11) is 1.51. The van der Waals surface area contributed by atoms with Gasteiger partial charge in [0.1, 0.15) is 4.49 Å². The van der Waals surface area contributed by atoms with Crippen molar-refractivity contribution in [3.63, 3.8) is 0 Å². The van der Waals surface area contributed by atoms with E-state index < -0.39 is 0 Å². The Morgan fingerprint density at radius 1 is 1.38 bits per heavy atom. The van der Waals surface area contributed by atoms with Crippen molar-refractivity contribution in [2.24, 2.45) is 0 Å². The number of rotatable bonds is 2. The van der Waals surface area contributed by atoms with Crippen molar-refractivity contribution in [1.29, 1.82) is 0 Å². The highest BCUT2D eigenvalue weighted by atomic mass is 35.5. The third kappa shape index (κ3) is 3.56. The van der Waals surface area contributed by atoms with Gasteiger partial charge in [-0.15, -0.1) is 0 Å². The standard InChI is InChI=1S/C4H5Cl3O/c1-8-2-3(5)4(6)7/h2H2,1H3. The lowest BCUT2D eigenvalue weighted by atomic mass is 10.7. The highest BCUT2D eigenvalue weighted by Gasteiger charge is 1.95. The van der Waals surface area contributed by atoms with Crippen molar-refractivity contribution in [2.45, 2.75) is 0 Å². The average Bonchev–Trinajstić information content (AvgIpc) is 1.67. The molecule has 0 aromatic rings. The van der Waals surface area contributed by atoms with Crippen molar-refractivity contribution >= 4 is 34.8 Å². The minimum Gasteiger partial charge on any atom is -0.379 e. The van der Waals surface area contributed by atoms with Crippen LogP contribution >= 0.6 is 34.8 Å². The van der Waals surface area contributed by atoms with Crippen LogP contribution in [0.2, 0.25) is 0 Å². The molecule has 0 saturated heterocycles. The number of halogens is 3. The van der Waals surface area contributed by atoms with Gasteiger partial charge < -0.3 is 4.74 Å². The second-order valence-corrected chi connectivity index (χ2v) is 2.50. The topological polar surface area (TPSA) is 9.23 Å². The van der Waals surface area contributed by atoms with Gasteiger partial charge in [0.15, 0.2) is 0 Å². The first kappa shape index (κ1) is 8.57. The zero-order valence-electron chi connectivity index (χ0n) is 4.25. The fourth-order valence-corrected chi connectivity index (χ4v) is 0.399. The molecule has 0 N–H and O–H groups in total. The Labute approximate surface area is 63.2 Å². The van der Waals surface area contributed by atoms with Gasteiger partial charge in [0.2, 0.25) is 0 Å². The molecule has 4 heteroatoms. The summed E-state index contributed by atoms with van der Waals surface area (Å²) >= 11 is 15.9. The Balaban J connectivity index is 3.62. The molecule has 0 unspecified atom stereocenters. The molecule has 0 aliphatic carbocycles. The van der Waals surface area contributed by atoms with Crippen LogP contribution < -0.4 is 0 Å². The van der Waals surface area contributed by atoms with Crippen LogP contribution in [0.4, 0.5) is 0 Å². The zero-order valence-corrected chi connectivity index (χ0v) is 6.52. The maximum absolute atomic E-state index is 5.41. The number of hydrogen-bond acceptors (Lipinski definition) is 1. The molecule has 0 amide bonds. The summed E-state index contributed by atoms with van der Waals surface area (Å²) in [6.45, 7) is 0.268. The largest absolute Gasteiger partial charge is 0.379 e. The summed E-state index contributed by atoms with van der Waals surface area (Å²) in [4.78, 5) is 0. The van der Waals surface area contributed by atoms with Crippen molar-refractivity contribution in [1.82, 2.24) is 0 Å². The van der Waals surface area contributed by atoms with Crippen LogP contribution in [0.25, 0.3) is 0 Å². The molecule has 1 nitrogen and oxygen atoms in total. The van der Waals surface area contributed by atoms with Crippen molar-refractivity contribution in [3.05, 3.63) is 9.52 Å². The second kappa shape index (κ2) is 4.45. The van der Waals surface area contributed by atoms with Crippen LogP contribution in [0, 0.1) is 0 Å². The summed E-state index contributed by atoms with van der Waals surface area (Å²) in [5.74, 6) is 0. The lowest BCUT2D eigenvalue weighted by molar-refractivity contribution is 0.231. The molecule has 0 aromatic carbocycles. The minimum absolute atomic E-state index is 0.0634. The van der Waals surface area contributed by atoms with Crippen LogP contribution in [0.5, 0.6) is 0 Å². The van der Waals surface area contributed by atoms with Gasteiger partial charge >= 0.3 is 0 Å². The molecule has 0 radical (unpaired) electrons. The average molecular weight is 175 g/mol. The minimum atomic E-state index is 0.0634. The normalized spacial score (nSPS) is 9.00. The molecule has 0 heterocycles. The first-order valence-electron chi connectivity index (χ1n) is 1.87. The number of methoxy groups -OCH3 is 1. The zero-order chi connectivity index (χ0) is 6.57. The van der Waals surface area contributed by atoms with Crippen LogP contribution in [-0.2, 0) is 4.74 Å². The van der Waals surface area contributed by atoms with Gasteiger partial charge in [0.05, 0.1) is 11.6 Å². The Morgan fingerprint density at radius 3 is 2.00 bits per heavy atom. The Morgan fingerprint density at radius 2 is 1.88 bits per heavy atom. The Bertz CT molecular complexity index is 95.5. The predicted molar refractivity (Wildman–Crippen MR) is 36.5 cm³/mol. The third-order valence-electron chi connectivity index (χ3n) is 0.476. The summed E-state index contributed by atoms with van der Waals surface area (Å²) in [5.41, 5.74) is 0. The lowest BCUT2D eigenvalue weighted by Gasteiger charge is -1.93. The van der Waals surface area contributed by atoms with E-state index in [9.17, 15) is 0 Å². The molecule has 0 aliphatic rings. The van der Waals surface area contributed by atoms with Crippen molar-refractivity contribution in [3.8, 4) is 0 Å². The van der Waals surface area contributed by atoms with E-state index in [2.05, 4.69) is 4.74 Å². The summed E-state index contributed by atoms with van der Waals surface area (Å²) < 4.78 is 4.67. The van der Waals surface area contributed by atoms with E-state index in [-0.39, 0.29) is 11.1 Å². The molecule has 0 saturated carbocycles. The maximum Gasteiger partial charge on any atom is 0.123 e. The maximum atomic E-state index is 5.41. The van der Waals surface area contributed by atoms with E-state index in [4.69, 9.17) is 34.8 Å². The number of ether oxygens (including phenoxy) is 1. The highest BCUT2D eigenvalue weighted by molar-refractivity contribution is 6.59. The van der Waals surface area contributed by atoms with Gasteiger partial charge in [0.25, 0.3) is 0 Å². The quantitative estimate of drug-likeness (QED) is 0.627. The Hall–Kier alpha value is 0.570. The van der Waals surface area contributed by atoms with E-state index in [0.29, 0.717) is 5.03 Å². The van der Waals surface area contributed by atoms with Crippen LogP contribution in [0.1, 0.15) is 0 Å². The molecule has 8 heavy (non-hydrogen) atoms.